The Morgan fingerprint density at radius 1 is 0.758 bits per heavy atom. The number of alkyl halides is 3. The molecule has 33 heavy (non-hydrogen) atoms. The van der Waals surface area contributed by atoms with E-state index in [1.54, 1.807) is 36.4 Å². The number of amides is 2. The maximum Gasteiger partial charge on any atom is 0.411 e. The van der Waals surface area contributed by atoms with Gasteiger partial charge in [-0.2, -0.15) is 13.2 Å². The minimum absolute atomic E-state index is 0.148. The second kappa shape index (κ2) is 11.3. The van der Waals surface area contributed by atoms with E-state index in [9.17, 15) is 22.8 Å². The first-order valence-electron chi connectivity index (χ1n) is 10.2. The molecule has 0 aliphatic heterocycles. The monoisotopic (exact) mass is 456 g/mol. The Morgan fingerprint density at radius 3 is 2.00 bits per heavy atom. The molecule has 0 heterocycles. The largest absolute Gasteiger partial charge is 0.411 e. The number of hydrogen-bond acceptors (Lipinski definition) is 3. The average Bonchev–Trinajstić information content (AvgIpc) is 2.82. The summed E-state index contributed by atoms with van der Waals surface area (Å²) in [6.07, 6.45) is -4.36. The van der Waals surface area contributed by atoms with Crippen LogP contribution in [0.4, 0.5) is 13.2 Å². The van der Waals surface area contributed by atoms with Crippen LogP contribution >= 0.6 is 0 Å². The van der Waals surface area contributed by atoms with Crippen molar-refractivity contribution < 1.29 is 27.5 Å². The van der Waals surface area contributed by atoms with Crippen LogP contribution in [0, 0.1) is 0 Å². The molecule has 3 aromatic rings. The molecule has 3 aromatic carbocycles. The fraction of sp³-hybridized carbons (Fsp3) is 0.200. The Morgan fingerprint density at radius 2 is 1.36 bits per heavy atom. The Kier molecular flexibility index (Phi) is 8.21. The van der Waals surface area contributed by atoms with Crippen molar-refractivity contribution in [3.8, 4) is 11.1 Å². The summed E-state index contributed by atoms with van der Waals surface area (Å²) in [6.45, 7) is -1.40. The van der Waals surface area contributed by atoms with Crippen molar-refractivity contribution in [3.63, 3.8) is 0 Å². The summed E-state index contributed by atoms with van der Waals surface area (Å²) in [7, 11) is 0. The molecule has 0 aromatic heterocycles. The summed E-state index contributed by atoms with van der Waals surface area (Å²) in [6, 6.07) is 23.5. The molecule has 0 radical (unpaired) electrons. The molecule has 0 bridgehead atoms. The summed E-state index contributed by atoms with van der Waals surface area (Å²) < 4.78 is 40.9. The van der Waals surface area contributed by atoms with Crippen LogP contribution in [0.5, 0.6) is 0 Å². The Labute approximate surface area is 189 Å². The average molecular weight is 456 g/mol. The fourth-order valence-electron chi connectivity index (χ4n) is 3.01. The van der Waals surface area contributed by atoms with Gasteiger partial charge in [0.05, 0.1) is 13.2 Å². The van der Waals surface area contributed by atoms with Crippen molar-refractivity contribution >= 4 is 11.8 Å². The van der Waals surface area contributed by atoms with Crippen LogP contribution in [0.2, 0.25) is 0 Å². The molecule has 0 aliphatic carbocycles. The second-order valence-corrected chi connectivity index (χ2v) is 7.33. The highest BCUT2D eigenvalue weighted by atomic mass is 19.4. The van der Waals surface area contributed by atoms with Gasteiger partial charge in [0.2, 0.25) is 5.91 Å². The smallest absolute Gasteiger partial charge is 0.367 e. The lowest BCUT2D eigenvalue weighted by Crippen LogP contribution is -2.36. The van der Waals surface area contributed by atoms with Crippen LogP contribution in [-0.4, -0.2) is 31.1 Å². The fourth-order valence-corrected chi connectivity index (χ4v) is 3.01. The van der Waals surface area contributed by atoms with Gasteiger partial charge in [0.25, 0.3) is 5.91 Å². The van der Waals surface area contributed by atoms with Crippen LogP contribution in [-0.2, 0) is 22.7 Å². The molecular formula is C25H23F3N2O3. The Hall–Kier alpha value is -3.65. The highest BCUT2D eigenvalue weighted by Crippen LogP contribution is 2.19. The lowest BCUT2D eigenvalue weighted by atomic mass is 10.0. The number of carbonyl (C=O) groups excluding carboxylic acids is 2. The summed E-state index contributed by atoms with van der Waals surface area (Å²) in [5.74, 6) is -0.713. The number of ether oxygens (including phenoxy) is 1. The molecule has 3 rings (SSSR count). The standard InChI is InChI=1S/C25H23F3N2O3/c26-25(27,28)17-33-16-19-8-6-18(7-9-19)14-29-23(31)15-30-24(32)22-12-10-21(11-13-22)20-4-2-1-3-5-20/h1-13H,14-17H2,(H,29,31)(H,30,32). The van der Waals surface area contributed by atoms with Crippen molar-refractivity contribution in [2.75, 3.05) is 13.2 Å². The van der Waals surface area contributed by atoms with Crippen molar-refractivity contribution in [3.05, 3.63) is 95.6 Å². The molecule has 172 valence electrons. The molecule has 0 saturated heterocycles. The molecule has 0 saturated carbocycles. The maximum atomic E-state index is 12.3. The lowest BCUT2D eigenvalue weighted by molar-refractivity contribution is -0.176. The summed E-state index contributed by atoms with van der Waals surface area (Å²) >= 11 is 0. The van der Waals surface area contributed by atoms with Crippen LogP contribution in [0.3, 0.4) is 0 Å². The van der Waals surface area contributed by atoms with Gasteiger partial charge in [-0.25, -0.2) is 0 Å². The molecule has 0 fully saturated rings. The third-order valence-electron chi connectivity index (χ3n) is 4.71. The summed E-state index contributed by atoms with van der Waals surface area (Å²) in [5, 5.41) is 5.26. The second-order valence-electron chi connectivity index (χ2n) is 7.33. The van der Waals surface area contributed by atoms with Gasteiger partial charge < -0.3 is 15.4 Å². The molecule has 2 amide bonds. The van der Waals surface area contributed by atoms with E-state index in [2.05, 4.69) is 15.4 Å². The van der Waals surface area contributed by atoms with E-state index in [1.807, 2.05) is 42.5 Å². The SMILES string of the molecule is O=C(CNC(=O)c1ccc(-c2ccccc2)cc1)NCc1ccc(COCC(F)(F)F)cc1. The van der Waals surface area contributed by atoms with Gasteiger partial charge in [-0.15, -0.1) is 0 Å². The van der Waals surface area contributed by atoms with E-state index in [4.69, 9.17) is 0 Å². The third-order valence-corrected chi connectivity index (χ3v) is 4.71. The van der Waals surface area contributed by atoms with E-state index in [0.717, 1.165) is 16.7 Å². The van der Waals surface area contributed by atoms with Crippen LogP contribution < -0.4 is 10.6 Å². The highest BCUT2D eigenvalue weighted by molar-refractivity contribution is 5.96. The molecular weight excluding hydrogens is 433 g/mol. The number of benzene rings is 3. The van der Waals surface area contributed by atoms with E-state index < -0.39 is 12.8 Å². The molecule has 8 heteroatoms. The highest BCUT2D eigenvalue weighted by Gasteiger charge is 2.27. The first-order chi connectivity index (χ1) is 15.8. The number of halogens is 3. The maximum absolute atomic E-state index is 12.3. The zero-order valence-electron chi connectivity index (χ0n) is 17.7. The van der Waals surface area contributed by atoms with E-state index in [1.165, 1.54) is 0 Å². The van der Waals surface area contributed by atoms with Gasteiger partial charge in [0.1, 0.15) is 6.61 Å². The van der Waals surface area contributed by atoms with Crippen molar-refractivity contribution in [1.29, 1.82) is 0 Å². The Bertz CT molecular complexity index is 1050. The molecule has 0 aliphatic rings. The number of nitrogens with one attached hydrogen (secondary N) is 2. The summed E-state index contributed by atoms with van der Waals surface area (Å²) in [4.78, 5) is 24.3. The normalized spacial score (nSPS) is 11.1. The predicted molar refractivity (Wildman–Crippen MR) is 118 cm³/mol. The lowest BCUT2D eigenvalue weighted by Gasteiger charge is -2.09. The topological polar surface area (TPSA) is 67.4 Å². The van der Waals surface area contributed by atoms with Crippen LogP contribution in [0.25, 0.3) is 11.1 Å². The minimum Gasteiger partial charge on any atom is -0.367 e. The molecule has 0 spiro atoms. The van der Waals surface area contributed by atoms with Gasteiger partial charge in [-0.1, -0.05) is 66.7 Å². The third kappa shape index (κ3) is 8.08. The number of rotatable bonds is 9. The van der Waals surface area contributed by atoms with E-state index in [-0.39, 0.29) is 31.5 Å². The molecule has 0 atom stereocenters. The minimum atomic E-state index is -4.36. The van der Waals surface area contributed by atoms with Gasteiger partial charge in [0.15, 0.2) is 0 Å². The van der Waals surface area contributed by atoms with Gasteiger partial charge in [0, 0.05) is 12.1 Å². The quantitative estimate of drug-likeness (QED) is 0.499. The van der Waals surface area contributed by atoms with Crippen LogP contribution in [0.1, 0.15) is 21.5 Å². The number of hydrogen-bond donors (Lipinski definition) is 2. The van der Waals surface area contributed by atoms with Gasteiger partial charge in [-0.05, 0) is 34.4 Å². The summed E-state index contributed by atoms with van der Waals surface area (Å²) in [5.41, 5.74) is 3.85. The zero-order chi connectivity index (χ0) is 23.7. The van der Waals surface area contributed by atoms with Crippen molar-refractivity contribution in [2.45, 2.75) is 19.3 Å². The van der Waals surface area contributed by atoms with E-state index >= 15 is 0 Å². The van der Waals surface area contributed by atoms with Gasteiger partial charge >= 0.3 is 6.18 Å². The molecule has 2 N–H and O–H groups in total. The van der Waals surface area contributed by atoms with E-state index in [0.29, 0.717) is 11.1 Å². The molecule has 0 unspecified atom stereocenters. The first kappa shape index (κ1) is 24.0. The first-order valence-corrected chi connectivity index (χ1v) is 10.2. The molecule has 5 nitrogen and oxygen atoms in total. The Balaban J connectivity index is 1.40. The predicted octanol–water partition coefficient (Wildman–Crippen LogP) is 4.48. The van der Waals surface area contributed by atoms with Crippen molar-refractivity contribution in [1.82, 2.24) is 10.6 Å². The van der Waals surface area contributed by atoms with Crippen molar-refractivity contribution in [2.24, 2.45) is 0 Å². The number of carbonyl (C=O) groups is 2. The van der Waals surface area contributed by atoms with Gasteiger partial charge in [-0.3, -0.25) is 9.59 Å². The zero-order valence-corrected chi connectivity index (χ0v) is 17.7. The van der Waals surface area contributed by atoms with Crippen LogP contribution in [0.15, 0.2) is 78.9 Å².